The molecule has 0 radical (unpaired) electrons. The first-order valence-corrected chi connectivity index (χ1v) is 7.92. The summed E-state index contributed by atoms with van der Waals surface area (Å²) in [6.07, 6.45) is 0.586. The molecule has 0 saturated heterocycles. The van der Waals surface area contributed by atoms with E-state index in [4.69, 9.17) is 4.74 Å². The first-order chi connectivity index (χ1) is 11.4. The molecule has 0 aliphatic heterocycles. The van der Waals surface area contributed by atoms with Crippen LogP contribution in [0.2, 0.25) is 0 Å². The minimum atomic E-state index is -0.917. The highest BCUT2D eigenvalue weighted by molar-refractivity contribution is 5.97. The van der Waals surface area contributed by atoms with Crippen molar-refractivity contribution in [2.24, 2.45) is 0 Å². The predicted octanol–water partition coefficient (Wildman–Crippen LogP) is 3.70. The number of carbonyl (C=O) groups is 2. The number of para-hydroxylation sites is 1. The number of anilines is 1. The van der Waals surface area contributed by atoms with E-state index in [0.717, 1.165) is 16.8 Å². The van der Waals surface area contributed by atoms with Gasteiger partial charge in [-0.1, -0.05) is 38.1 Å². The topological polar surface area (TPSA) is 68.3 Å². The number of carbonyl (C=O) groups excluding carboxylic acids is 2. The van der Waals surface area contributed by atoms with Crippen LogP contribution in [0, 0.1) is 6.92 Å². The standard InChI is InChI=1S/C19H22N2O3/c1-12(2)15-9-7-8-13(3)17(15)21-18(22)14(4)24-19(23)16-10-5-6-11-20-16/h5-12,14H,1-4H3,(H,21,22)/t14-/m1/s1. The zero-order valence-corrected chi connectivity index (χ0v) is 14.4. The van der Waals surface area contributed by atoms with Crippen molar-refractivity contribution in [3.63, 3.8) is 0 Å². The Labute approximate surface area is 142 Å². The van der Waals surface area contributed by atoms with Gasteiger partial charge in [0, 0.05) is 11.9 Å². The number of benzene rings is 1. The lowest BCUT2D eigenvalue weighted by atomic mass is 9.98. The Balaban J connectivity index is 2.09. The lowest BCUT2D eigenvalue weighted by Gasteiger charge is -2.19. The number of rotatable bonds is 5. The van der Waals surface area contributed by atoms with Gasteiger partial charge < -0.3 is 10.1 Å². The molecule has 126 valence electrons. The van der Waals surface area contributed by atoms with Gasteiger partial charge in [0.25, 0.3) is 5.91 Å². The molecule has 1 aromatic carbocycles. The van der Waals surface area contributed by atoms with Crippen LogP contribution < -0.4 is 5.32 Å². The molecule has 1 N–H and O–H groups in total. The van der Waals surface area contributed by atoms with Crippen LogP contribution in [0.15, 0.2) is 42.6 Å². The van der Waals surface area contributed by atoms with Gasteiger partial charge in [0.15, 0.2) is 6.10 Å². The lowest BCUT2D eigenvalue weighted by Crippen LogP contribution is -2.30. The zero-order chi connectivity index (χ0) is 17.7. The monoisotopic (exact) mass is 326 g/mol. The van der Waals surface area contributed by atoms with Crippen LogP contribution in [0.4, 0.5) is 5.69 Å². The van der Waals surface area contributed by atoms with Gasteiger partial charge in [-0.15, -0.1) is 0 Å². The smallest absolute Gasteiger partial charge is 0.357 e. The van der Waals surface area contributed by atoms with Crippen LogP contribution in [-0.4, -0.2) is 23.0 Å². The number of aromatic nitrogens is 1. The van der Waals surface area contributed by atoms with E-state index in [1.54, 1.807) is 25.1 Å². The largest absolute Gasteiger partial charge is 0.448 e. The van der Waals surface area contributed by atoms with E-state index in [0.29, 0.717) is 0 Å². The second kappa shape index (κ2) is 7.73. The van der Waals surface area contributed by atoms with Crippen LogP contribution >= 0.6 is 0 Å². The van der Waals surface area contributed by atoms with Gasteiger partial charge in [-0.2, -0.15) is 0 Å². The molecule has 24 heavy (non-hydrogen) atoms. The molecule has 0 saturated carbocycles. The molecule has 0 bridgehead atoms. The third kappa shape index (κ3) is 4.19. The number of hydrogen-bond donors (Lipinski definition) is 1. The van der Waals surface area contributed by atoms with Gasteiger partial charge >= 0.3 is 5.97 Å². The number of nitrogens with one attached hydrogen (secondary N) is 1. The highest BCUT2D eigenvalue weighted by Gasteiger charge is 2.21. The first-order valence-electron chi connectivity index (χ1n) is 7.92. The van der Waals surface area contributed by atoms with Crippen molar-refractivity contribution in [1.29, 1.82) is 0 Å². The molecule has 2 aromatic rings. The molecule has 0 unspecified atom stereocenters. The van der Waals surface area contributed by atoms with E-state index in [2.05, 4.69) is 24.1 Å². The quantitative estimate of drug-likeness (QED) is 0.851. The second-order valence-corrected chi connectivity index (χ2v) is 5.95. The summed E-state index contributed by atoms with van der Waals surface area (Å²) < 4.78 is 5.20. The normalized spacial score (nSPS) is 11.9. The Kier molecular flexibility index (Phi) is 5.68. The highest BCUT2D eigenvalue weighted by atomic mass is 16.5. The fourth-order valence-corrected chi connectivity index (χ4v) is 2.33. The number of hydrogen-bond acceptors (Lipinski definition) is 4. The summed E-state index contributed by atoms with van der Waals surface area (Å²) in [7, 11) is 0. The van der Waals surface area contributed by atoms with Crippen molar-refractivity contribution in [2.45, 2.75) is 39.7 Å². The third-order valence-electron chi connectivity index (χ3n) is 3.70. The first kappa shape index (κ1) is 17.7. The molecule has 5 heteroatoms. The van der Waals surface area contributed by atoms with Crippen LogP contribution in [0.3, 0.4) is 0 Å². The minimum Gasteiger partial charge on any atom is -0.448 e. The average Bonchev–Trinajstić information content (AvgIpc) is 2.57. The molecular weight excluding hydrogens is 304 g/mol. The zero-order valence-electron chi connectivity index (χ0n) is 14.4. The summed E-state index contributed by atoms with van der Waals surface area (Å²) in [5.41, 5.74) is 2.97. The van der Waals surface area contributed by atoms with Crippen molar-refractivity contribution < 1.29 is 14.3 Å². The number of pyridine rings is 1. The Morgan fingerprint density at radius 3 is 2.46 bits per heavy atom. The molecule has 1 aromatic heterocycles. The summed E-state index contributed by atoms with van der Waals surface area (Å²) in [6, 6.07) is 10.8. The number of nitrogens with zero attached hydrogens (tertiary/aromatic N) is 1. The SMILES string of the molecule is Cc1cccc(C(C)C)c1NC(=O)[C@@H](C)OC(=O)c1ccccn1. The summed E-state index contributed by atoms with van der Waals surface area (Å²) >= 11 is 0. The summed E-state index contributed by atoms with van der Waals surface area (Å²) in [6.45, 7) is 7.61. The Hall–Kier alpha value is -2.69. The maximum atomic E-state index is 12.4. The minimum absolute atomic E-state index is 0.177. The van der Waals surface area contributed by atoms with E-state index in [9.17, 15) is 9.59 Å². The molecule has 0 spiro atoms. The Bertz CT molecular complexity index is 727. The van der Waals surface area contributed by atoms with Gasteiger partial charge in [0.2, 0.25) is 0 Å². The van der Waals surface area contributed by atoms with Gasteiger partial charge in [0.05, 0.1) is 0 Å². The Morgan fingerprint density at radius 2 is 1.83 bits per heavy atom. The maximum absolute atomic E-state index is 12.4. The predicted molar refractivity (Wildman–Crippen MR) is 93.0 cm³/mol. The van der Waals surface area contributed by atoms with Gasteiger partial charge in [-0.3, -0.25) is 4.79 Å². The summed E-state index contributed by atoms with van der Waals surface area (Å²) in [5.74, 6) is -0.714. The van der Waals surface area contributed by atoms with Crippen LogP contribution in [0.1, 0.15) is 48.3 Å². The Morgan fingerprint density at radius 1 is 1.08 bits per heavy atom. The van der Waals surface area contributed by atoms with Crippen molar-refractivity contribution in [3.8, 4) is 0 Å². The van der Waals surface area contributed by atoms with E-state index in [-0.39, 0.29) is 17.5 Å². The van der Waals surface area contributed by atoms with Crippen LogP contribution in [0.25, 0.3) is 0 Å². The number of ether oxygens (including phenoxy) is 1. The molecule has 1 heterocycles. The van der Waals surface area contributed by atoms with Crippen molar-refractivity contribution in [3.05, 3.63) is 59.4 Å². The van der Waals surface area contributed by atoms with Crippen molar-refractivity contribution in [1.82, 2.24) is 4.98 Å². The summed E-state index contributed by atoms with van der Waals surface area (Å²) in [5, 5.41) is 2.88. The van der Waals surface area contributed by atoms with Gasteiger partial charge in [-0.25, -0.2) is 9.78 Å². The van der Waals surface area contributed by atoms with E-state index < -0.39 is 12.1 Å². The molecule has 0 aliphatic carbocycles. The molecule has 0 aliphatic rings. The molecule has 0 fully saturated rings. The molecule has 5 nitrogen and oxygen atoms in total. The summed E-state index contributed by atoms with van der Waals surface area (Å²) in [4.78, 5) is 28.3. The fraction of sp³-hybridized carbons (Fsp3) is 0.316. The van der Waals surface area contributed by atoms with E-state index in [1.807, 2.05) is 25.1 Å². The van der Waals surface area contributed by atoms with Crippen LogP contribution in [-0.2, 0) is 9.53 Å². The molecule has 1 amide bonds. The van der Waals surface area contributed by atoms with Crippen molar-refractivity contribution >= 4 is 17.6 Å². The van der Waals surface area contributed by atoms with Crippen LogP contribution in [0.5, 0.6) is 0 Å². The maximum Gasteiger partial charge on any atom is 0.357 e. The fourth-order valence-electron chi connectivity index (χ4n) is 2.33. The number of aryl methyl sites for hydroxylation is 1. The lowest BCUT2D eigenvalue weighted by molar-refractivity contribution is -0.123. The number of esters is 1. The van der Waals surface area contributed by atoms with E-state index in [1.165, 1.54) is 6.20 Å². The van der Waals surface area contributed by atoms with Gasteiger partial charge in [-0.05, 0) is 43.0 Å². The van der Waals surface area contributed by atoms with Crippen molar-refractivity contribution in [2.75, 3.05) is 5.32 Å². The average molecular weight is 326 g/mol. The van der Waals surface area contributed by atoms with E-state index >= 15 is 0 Å². The number of amides is 1. The third-order valence-corrected chi connectivity index (χ3v) is 3.70. The highest BCUT2D eigenvalue weighted by Crippen LogP contribution is 2.27. The molecular formula is C19H22N2O3. The molecule has 2 rings (SSSR count). The second-order valence-electron chi connectivity index (χ2n) is 5.95. The van der Waals surface area contributed by atoms with Gasteiger partial charge in [0.1, 0.15) is 5.69 Å². The molecule has 1 atom stereocenters.